The van der Waals surface area contributed by atoms with Gasteiger partial charge >= 0.3 is 0 Å². The van der Waals surface area contributed by atoms with Crippen LogP contribution in [-0.2, 0) is 4.79 Å². The zero-order chi connectivity index (χ0) is 12.9. The summed E-state index contributed by atoms with van der Waals surface area (Å²) >= 11 is 0. The van der Waals surface area contributed by atoms with E-state index in [1.807, 2.05) is 0 Å². The first-order valence-corrected chi connectivity index (χ1v) is 8.75. The molecule has 0 radical (unpaired) electrons. The molecule has 5 fully saturated rings. The molecular formula is C18H28O. The molecule has 0 N–H and O–H groups in total. The van der Waals surface area contributed by atoms with E-state index in [4.69, 9.17) is 0 Å². The minimum atomic E-state index is 0.446. The van der Waals surface area contributed by atoms with E-state index in [0.717, 1.165) is 24.2 Å². The van der Waals surface area contributed by atoms with Crippen molar-refractivity contribution in [3.8, 4) is 0 Å². The SMILES string of the molecule is O=C(CC12CC3CC(CC(C3)C1)C2)C1CCCCC1. The Labute approximate surface area is 117 Å². The first kappa shape index (κ1) is 12.4. The highest BCUT2D eigenvalue weighted by Gasteiger charge is 2.51. The molecule has 19 heavy (non-hydrogen) atoms. The van der Waals surface area contributed by atoms with Gasteiger partial charge in [-0.3, -0.25) is 4.79 Å². The summed E-state index contributed by atoms with van der Waals surface area (Å²) in [6, 6.07) is 0. The van der Waals surface area contributed by atoms with E-state index in [1.165, 1.54) is 70.6 Å². The summed E-state index contributed by atoms with van der Waals surface area (Å²) in [4.78, 5) is 12.7. The quantitative estimate of drug-likeness (QED) is 0.716. The molecule has 0 atom stereocenters. The van der Waals surface area contributed by atoms with Crippen molar-refractivity contribution < 1.29 is 4.79 Å². The normalized spacial score (nSPS) is 45.6. The number of Topliss-reactive ketones (excluding diaryl/α,β-unsaturated/α-hetero) is 1. The molecule has 0 heterocycles. The van der Waals surface area contributed by atoms with Crippen molar-refractivity contribution in [2.24, 2.45) is 29.1 Å². The Balaban J connectivity index is 1.45. The summed E-state index contributed by atoms with van der Waals surface area (Å²) < 4.78 is 0. The Bertz CT molecular complexity index is 329. The summed E-state index contributed by atoms with van der Waals surface area (Å²) in [6.45, 7) is 0. The lowest BCUT2D eigenvalue weighted by Gasteiger charge is -2.57. The van der Waals surface area contributed by atoms with Crippen LogP contribution >= 0.6 is 0 Å². The predicted octanol–water partition coefficient (Wildman–Crippen LogP) is 4.74. The summed E-state index contributed by atoms with van der Waals surface area (Å²) in [6.07, 6.45) is 16.0. The van der Waals surface area contributed by atoms with Crippen LogP contribution in [0.2, 0.25) is 0 Å². The summed E-state index contributed by atoms with van der Waals surface area (Å²) in [5.74, 6) is 4.07. The number of ketones is 1. The van der Waals surface area contributed by atoms with Crippen LogP contribution in [0.15, 0.2) is 0 Å². The third-order valence-corrected chi connectivity index (χ3v) is 6.77. The molecule has 5 aliphatic rings. The molecule has 0 amide bonds. The van der Waals surface area contributed by atoms with Gasteiger partial charge in [0.05, 0.1) is 0 Å². The van der Waals surface area contributed by atoms with E-state index in [9.17, 15) is 4.79 Å². The topological polar surface area (TPSA) is 17.1 Å². The maximum Gasteiger partial charge on any atom is 0.136 e. The van der Waals surface area contributed by atoms with Crippen molar-refractivity contribution in [2.75, 3.05) is 0 Å². The molecule has 5 saturated carbocycles. The highest BCUT2D eigenvalue weighted by molar-refractivity contribution is 5.81. The first-order chi connectivity index (χ1) is 9.22. The second-order valence-corrected chi connectivity index (χ2v) is 8.40. The third kappa shape index (κ3) is 2.28. The summed E-state index contributed by atoms with van der Waals surface area (Å²) in [5, 5.41) is 0. The number of hydrogen-bond acceptors (Lipinski definition) is 1. The Morgan fingerprint density at radius 1 is 0.842 bits per heavy atom. The number of hydrogen-bond donors (Lipinski definition) is 0. The highest BCUT2D eigenvalue weighted by atomic mass is 16.1. The lowest BCUT2D eigenvalue weighted by Crippen LogP contribution is -2.47. The molecular weight excluding hydrogens is 232 g/mol. The van der Waals surface area contributed by atoms with Crippen molar-refractivity contribution in [2.45, 2.75) is 77.0 Å². The number of carbonyl (C=O) groups excluding carboxylic acids is 1. The highest BCUT2D eigenvalue weighted by Crippen LogP contribution is 2.61. The van der Waals surface area contributed by atoms with Gasteiger partial charge in [0.15, 0.2) is 0 Å². The molecule has 5 aliphatic carbocycles. The second-order valence-electron chi connectivity index (χ2n) is 8.40. The van der Waals surface area contributed by atoms with Crippen LogP contribution in [0.5, 0.6) is 0 Å². The smallest absolute Gasteiger partial charge is 0.136 e. The van der Waals surface area contributed by atoms with Gasteiger partial charge in [0.25, 0.3) is 0 Å². The molecule has 0 aromatic carbocycles. The van der Waals surface area contributed by atoms with Crippen LogP contribution in [0.25, 0.3) is 0 Å². The standard InChI is InChI=1S/C18H28O/c19-17(16-4-2-1-3-5-16)12-18-9-13-6-14(10-18)8-15(7-13)11-18/h13-16H,1-12H2. The van der Waals surface area contributed by atoms with Crippen LogP contribution in [0.4, 0.5) is 0 Å². The van der Waals surface area contributed by atoms with Crippen LogP contribution in [0.3, 0.4) is 0 Å². The fourth-order valence-electron chi connectivity index (χ4n) is 6.45. The first-order valence-electron chi connectivity index (χ1n) is 8.75. The van der Waals surface area contributed by atoms with Crippen molar-refractivity contribution in [3.05, 3.63) is 0 Å². The van der Waals surface area contributed by atoms with E-state index < -0.39 is 0 Å². The molecule has 1 nitrogen and oxygen atoms in total. The van der Waals surface area contributed by atoms with Gasteiger partial charge in [0.2, 0.25) is 0 Å². The van der Waals surface area contributed by atoms with Gasteiger partial charge in [-0.1, -0.05) is 19.3 Å². The van der Waals surface area contributed by atoms with E-state index in [2.05, 4.69) is 0 Å². The van der Waals surface area contributed by atoms with Gasteiger partial charge in [-0.25, -0.2) is 0 Å². The monoisotopic (exact) mass is 260 g/mol. The summed E-state index contributed by atoms with van der Waals surface area (Å²) in [5.41, 5.74) is 0.475. The van der Waals surface area contributed by atoms with E-state index >= 15 is 0 Å². The lowest BCUT2D eigenvalue weighted by molar-refractivity contribution is -0.132. The average Bonchev–Trinajstić information content (AvgIpc) is 2.37. The average molecular weight is 260 g/mol. The maximum atomic E-state index is 12.7. The maximum absolute atomic E-state index is 12.7. The molecule has 0 unspecified atom stereocenters. The van der Waals surface area contributed by atoms with Gasteiger partial charge in [0.1, 0.15) is 5.78 Å². The minimum absolute atomic E-state index is 0.446. The van der Waals surface area contributed by atoms with E-state index in [-0.39, 0.29) is 0 Å². The van der Waals surface area contributed by atoms with Crippen LogP contribution in [0.1, 0.15) is 77.0 Å². The molecule has 4 bridgehead atoms. The lowest BCUT2D eigenvalue weighted by atomic mass is 9.48. The second kappa shape index (κ2) is 4.60. The van der Waals surface area contributed by atoms with Crippen molar-refractivity contribution in [1.82, 2.24) is 0 Å². The Hall–Kier alpha value is -0.330. The largest absolute Gasteiger partial charge is 0.299 e. The van der Waals surface area contributed by atoms with Crippen molar-refractivity contribution in [1.29, 1.82) is 0 Å². The zero-order valence-electron chi connectivity index (χ0n) is 12.2. The van der Waals surface area contributed by atoms with Gasteiger partial charge < -0.3 is 0 Å². The number of carbonyl (C=O) groups is 1. The fraction of sp³-hybridized carbons (Fsp3) is 0.944. The van der Waals surface area contributed by atoms with Gasteiger partial charge in [-0.15, -0.1) is 0 Å². The van der Waals surface area contributed by atoms with Crippen LogP contribution in [-0.4, -0.2) is 5.78 Å². The predicted molar refractivity (Wildman–Crippen MR) is 76.8 cm³/mol. The van der Waals surface area contributed by atoms with Gasteiger partial charge in [-0.05, 0) is 74.5 Å². The Morgan fingerprint density at radius 3 is 1.89 bits per heavy atom. The molecule has 5 rings (SSSR count). The van der Waals surface area contributed by atoms with Crippen molar-refractivity contribution >= 4 is 5.78 Å². The fourth-order valence-corrected chi connectivity index (χ4v) is 6.45. The van der Waals surface area contributed by atoms with E-state index in [0.29, 0.717) is 17.1 Å². The molecule has 0 spiro atoms. The van der Waals surface area contributed by atoms with E-state index in [1.54, 1.807) is 0 Å². The van der Waals surface area contributed by atoms with Crippen molar-refractivity contribution in [3.63, 3.8) is 0 Å². The Kier molecular flexibility index (Phi) is 3.01. The van der Waals surface area contributed by atoms with Gasteiger partial charge in [0, 0.05) is 12.3 Å². The summed E-state index contributed by atoms with van der Waals surface area (Å²) in [7, 11) is 0. The number of rotatable bonds is 3. The van der Waals surface area contributed by atoms with Gasteiger partial charge in [-0.2, -0.15) is 0 Å². The van der Waals surface area contributed by atoms with Crippen LogP contribution in [0, 0.1) is 29.1 Å². The third-order valence-electron chi connectivity index (χ3n) is 6.77. The molecule has 0 aromatic heterocycles. The zero-order valence-corrected chi connectivity index (χ0v) is 12.2. The van der Waals surface area contributed by atoms with Crippen LogP contribution < -0.4 is 0 Å². The Morgan fingerprint density at radius 2 is 1.37 bits per heavy atom. The molecule has 0 aliphatic heterocycles. The molecule has 106 valence electrons. The molecule has 1 heteroatoms. The molecule has 0 aromatic rings. The minimum Gasteiger partial charge on any atom is -0.299 e. The molecule has 0 saturated heterocycles.